The molecule has 4 heteroatoms. The van der Waals surface area contributed by atoms with Crippen LogP contribution in [0, 0.1) is 17.2 Å². The molecule has 1 saturated carbocycles. The normalized spacial score (nSPS) is 16.6. The zero-order valence-corrected chi connectivity index (χ0v) is 9.43. The highest BCUT2D eigenvalue weighted by atomic mass is 15.2. The third-order valence-corrected chi connectivity index (χ3v) is 3.17. The lowest BCUT2D eigenvalue weighted by Gasteiger charge is -2.29. The maximum atomic E-state index is 8.81. The van der Waals surface area contributed by atoms with Crippen molar-refractivity contribution in [3.63, 3.8) is 0 Å². The molecule has 1 aromatic rings. The fraction of sp³-hybridized carbons (Fsp3) is 0.500. The van der Waals surface area contributed by atoms with Crippen molar-refractivity contribution in [1.29, 1.82) is 5.26 Å². The summed E-state index contributed by atoms with van der Waals surface area (Å²) < 4.78 is 0. The Morgan fingerprint density at radius 2 is 2.44 bits per heavy atom. The monoisotopic (exact) mass is 216 g/mol. The van der Waals surface area contributed by atoms with E-state index < -0.39 is 0 Å². The van der Waals surface area contributed by atoms with E-state index in [0.717, 1.165) is 5.69 Å². The van der Waals surface area contributed by atoms with E-state index in [2.05, 4.69) is 16.0 Å². The molecule has 1 unspecified atom stereocenters. The minimum absolute atomic E-state index is 0.383. The fourth-order valence-corrected chi connectivity index (χ4v) is 2.04. The molecule has 0 bridgehead atoms. The Morgan fingerprint density at radius 1 is 1.69 bits per heavy atom. The highest BCUT2D eigenvalue weighted by molar-refractivity contribution is 5.49. The summed E-state index contributed by atoms with van der Waals surface area (Å²) in [6.45, 7) is 0.658. The van der Waals surface area contributed by atoms with Gasteiger partial charge in [0.2, 0.25) is 0 Å². The summed E-state index contributed by atoms with van der Waals surface area (Å²) in [5.41, 5.74) is 7.28. The second-order valence-electron chi connectivity index (χ2n) is 4.26. The van der Waals surface area contributed by atoms with Crippen molar-refractivity contribution in [3.8, 4) is 6.07 Å². The van der Waals surface area contributed by atoms with Gasteiger partial charge in [-0.2, -0.15) is 5.26 Å². The quantitative estimate of drug-likeness (QED) is 0.819. The van der Waals surface area contributed by atoms with Crippen LogP contribution in [0.25, 0.3) is 0 Å². The summed E-state index contributed by atoms with van der Waals surface area (Å²) in [5, 5.41) is 8.81. The van der Waals surface area contributed by atoms with E-state index in [1.165, 1.54) is 12.8 Å². The molecule has 0 radical (unpaired) electrons. The highest BCUT2D eigenvalue weighted by Gasteiger charge is 2.33. The summed E-state index contributed by atoms with van der Waals surface area (Å²) in [7, 11) is 2.03. The van der Waals surface area contributed by atoms with Crippen molar-refractivity contribution >= 4 is 5.69 Å². The van der Waals surface area contributed by atoms with Crippen molar-refractivity contribution in [1.82, 2.24) is 4.98 Å². The first kappa shape index (κ1) is 10.9. The number of nitriles is 1. The van der Waals surface area contributed by atoms with E-state index in [-0.39, 0.29) is 0 Å². The van der Waals surface area contributed by atoms with Crippen LogP contribution in [0.15, 0.2) is 18.3 Å². The van der Waals surface area contributed by atoms with Crippen molar-refractivity contribution in [2.45, 2.75) is 18.9 Å². The average Bonchev–Trinajstić information content (AvgIpc) is 3.14. The molecule has 1 aromatic heterocycles. The summed E-state index contributed by atoms with van der Waals surface area (Å²) in [4.78, 5) is 6.13. The lowest BCUT2D eigenvalue weighted by Crippen LogP contribution is -2.39. The number of likely N-dealkylation sites (N-methyl/N-ethyl adjacent to an activating group) is 1. The van der Waals surface area contributed by atoms with Crippen molar-refractivity contribution in [2.24, 2.45) is 11.7 Å². The van der Waals surface area contributed by atoms with Crippen molar-refractivity contribution in [3.05, 3.63) is 24.0 Å². The summed E-state index contributed by atoms with van der Waals surface area (Å²) in [6, 6.07) is 6.17. The average molecular weight is 216 g/mol. The Labute approximate surface area is 95.7 Å². The summed E-state index contributed by atoms with van der Waals surface area (Å²) in [5.74, 6) is 0.716. The minimum Gasteiger partial charge on any atom is -0.370 e. The molecular weight excluding hydrogens is 200 g/mol. The molecule has 1 fully saturated rings. The third kappa shape index (κ3) is 2.15. The van der Waals surface area contributed by atoms with Crippen LogP contribution in [0.2, 0.25) is 0 Å². The lowest BCUT2D eigenvalue weighted by atomic mass is 10.1. The van der Waals surface area contributed by atoms with Crippen LogP contribution in [0.3, 0.4) is 0 Å². The van der Waals surface area contributed by atoms with Crippen LogP contribution in [0.1, 0.15) is 18.5 Å². The number of nitrogens with two attached hydrogens (primary N) is 1. The zero-order chi connectivity index (χ0) is 11.5. The summed E-state index contributed by atoms with van der Waals surface area (Å²) in [6.07, 6.45) is 4.20. The van der Waals surface area contributed by atoms with Crippen LogP contribution in [-0.2, 0) is 0 Å². The van der Waals surface area contributed by atoms with Gasteiger partial charge in [-0.05, 0) is 30.9 Å². The molecule has 16 heavy (non-hydrogen) atoms. The van der Waals surface area contributed by atoms with E-state index in [1.54, 1.807) is 6.20 Å². The molecule has 4 nitrogen and oxygen atoms in total. The van der Waals surface area contributed by atoms with Gasteiger partial charge in [-0.3, -0.25) is 0 Å². The smallest absolute Gasteiger partial charge is 0.142 e. The van der Waals surface area contributed by atoms with E-state index in [1.807, 2.05) is 19.2 Å². The number of hydrogen-bond acceptors (Lipinski definition) is 4. The molecule has 1 atom stereocenters. The SMILES string of the molecule is CN(c1ccnc(C#N)c1)C(CN)C1CC1. The fourth-order valence-electron chi connectivity index (χ4n) is 2.04. The van der Waals surface area contributed by atoms with Crippen molar-refractivity contribution < 1.29 is 0 Å². The van der Waals surface area contributed by atoms with Gasteiger partial charge in [0.25, 0.3) is 0 Å². The highest BCUT2D eigenvalue weighted by Crippen LogP contribution is 2.36. The molecule has 0 spiro atoms. The Bertz CT molecular complexity index is 406. The molecule has 0 amide bonds. The van der Waals surface area contributed by atoms with Gasteiger partial charge in [0.15, 0.2) is 0 Å². The molecule has 84 valence electrons. The maximum Gasteiger partial charge on any atom is 0.142 e. The first-order chi connectivity index (χ1) is 7.76. The van der Waals surface area contributed by atoms with Gasteiger partial charge >= 0.3 is 0 Å². The Balaban J connectivity index is 2.18. The van der Waals surface area contributed by atoms with Crippen LogP contribution in [-0.4, -0.2) is 24.6 Å². The van der Waals surface area contributed by atoms with Gasteiger partial charge in [0.1, 0.15) is 11.8 Å². The Hall–Kier alpha value is -1.60. The topological polar surface area (TPSA) is 65.9 Å². The number of anilines is 1. The van der Waals surface area contributed by atoms with Crippen molar-refractivity contribution in [2.75, 3.05) is 18.5 Å². The molecule has 1 heterocycles. The second-order valence-corrected chi connectivity index (χ2v) is 4.26. The number of hydrogen-bond donors (Lipinski definition) is 1. The van der Waals surface area contributed by atoms with Crippen LogP contribution >= 0.6 is 0 Å². The van der Waals surface area contributed by atoms with E-state index in [4.69, 9.17) is 11.0 Å². The van der Waals surface area contributed by atoms with E-state index >= 15 is 0 Å². The van der Waals surface area contributed by atoms with Gasteiger partial charge in [-0.15, -0.1) is 0 Å². The number of nitrogens with zero attached hydrogens (tertiary/aromatic N) is 3. The van der Waals surface area contributed by atoms with Crippen LogP contribution in [0.5, 0.6) is 0 Å². The number of aromatic nitrogens is 1. The first-order valence-corrected chi connectivity index (χ1v) is 5.55. The van der Waals surface area contributed by atoms with Crippen LogP contribution in [0.4, 0.5) is 5.69 Å². The molecule has 1 aliphatic carbocycles. The predicted molar refractivity (Wildman–Crippen MR) is 62.9 cm³/mol. The Kier molecular flexibility index (Phi) is 3.07. The molecule has 0 aromatic carbocycles. The number of pyridine rings is 1. The maximum absolute atomic E-state index is 8.81. The largest absolute Gasteiger partial charge is 0.370 e. The van der Waals surface area contributed by atoms with Gasteiger partial charge in [0, 0.05) is 31.5 Å². The molecule has 1 aliphatic rings. The van der Waals surface area contributed by atoms with E-state index in [0.29, 0.717) is 24.2 Å². The molecule has 2 N–H and O–H groups in total. The predicted octanol–water partition coefficient (Wildman–Crippen LogP) is 1.13. The molecule has 2 rings (SSSR count). The van der Waals surface area contributed by atoms with Gasteiger partial charge < -0.3 is 10.6 Å². The second kappa shape index (κ2) is 4.50. The van der Waals surface area contributed by atoms with Gasteiger partial charge in [0.05, 0.1) is 0 Å². The minimum atomic E-state index is 0.383. The molecule has 0 saturated heterocycles. The standard InChI is InChI=1S/C12H16N4/c1-16(12(8-14)9-2-3-9)11-4-5-15-10(6-11)7-13/h4-6,9,12H,2-3,8,14H2,1H3. The summed E-state index contributed by atoms with van der Waals surface area (Å²) >= 11 is 0. The Morgan fingerprint density at radius 3 is 3.00 bits per heavy atom. The number of rotatable bonds is 4. The van der Waals surface area contributed by atoms with Gasteiger partial charge in [-0.25, -0.2) is 4.98 Å². The lowest BCUT2D eigenvalue weighted by molar-refractivity contribution is 0.570. The molecule has 0 aliphatic heterocycles. The van der Waals surface area contributed by atoms with Gasteiger partial charge in [-0.1, -0.05) is 0 Å². The van der Waals surface area contributed by atoms with E-state index in [9.17, 15) is 0 Å². The molecular formula is C12H16N4. The third-order valence-electron chi connectivity index (χ3n) is 3.17. The zero-order valence-electron chi connectivity index (χ0n) is 9.43. The first-order valence-electron chi connectivity index (χ1n) is 5.55. The van der Waals surface area contributed by atoms with Crippen LogP contribution < -0.4 is 10.6 Å².